The smallest absolute Gasteiger partial charge is 0.309 e. The molecule has 7 heteroatoms. The number of carboxylic acids is 1. The summed E-state index contributed by atoms with van der Waals surface area (Å²) in [5.41, 5.74) is 0.440. The van der Waals surface area contributed by atoms with Crippen molar-refractivity contribution < 1.29 is 18.3 Å². The van der Waals surface area contributed by atoms with Gasteiger partial charge < -0.3 is 5.11 Å². The van der Waals surface area contributed by atoms with Gasteiger partial charge in [0.15, 0.2) is 9.84 Å². The zero-order valence-corrected chi connectivity index (χ0v) is 11.0. The van der Waals surface area contributed by atoms with Gasteiger partial charge >= 0.3 is 5.97 Å². The fraction of sp³-hybridized carbons (Fsp3) is 0.600. The lowest BCUT2D eigenvalue weighted by atomic mass is 10.3. The second-order valence-corrected chi connectivity index (χ2v) is 7.56. The van der Waals surface area contributed by atoms with Crippen molar-refractivity contribution in [1.82, 2.24) is 4.98 Å². The van der Waals surface area contributed by atoms with Gasteiger partial charge in [-0.2, -0.15) is 0 Å². The van der Waals surface area contributed by atoms with Crippen LogP contribution in [0.4, 0.5) is 0 Å². The van der Waals surface area contributed by atoms with E-state index < -0.39 is 20.6 Å². The molecule has 1 aliphatic rings. The Balaban J connectivity index is 2.30. The van der Waals surface area contributed by atoms with E-state index in [0.717, 1.165) is 0 Å². The fourth-order valence-corrected chi connectivity index (χ4v) is 4.89. The molecule has 1 aromatic heterocycles. The Morgan fingerprint density at radius 3 is 2.71 bits per heavy atom. The fourth-order valence-electron chi connectivity index (χ4n) is 1.80. The highest BCUT2D eigenvalue weighted by Gasteiger charge is 2.57. The van der Waals surface area contributed by atoms with E-state index in [4.69, 9.17) is 5.11 Å². The van der Waals surface area contributed by atoms with Crippen LogP contribution < -0.4 is 0 Å². The van der Waals surface area contributed by atoms with E-state index in [0.29, 0.717) is 23.5 Å². The molecule has 0 spiro atoms. The summed E-state index contributed by atoms with van der Waals surface area (Å²) < 4.78 is 23.1. The van der Waals surface area contributed by atoms with Crippen molar-refractivity contribution in [3.8, 4) is 0 Å². The lowest BCUT2D eigenvalue weighted by molar-refractivity contribution is -0.136. The molecule has 0 atom stereocenters. The molecule has 1 heterocycles. The zero-order chi connectivity index (χ0) is 12.7. The third-order valence-corrected chi connectivity index (χ3v) is 6.73. The summed E-state index contributed by atoms with van der Waals surface area (Å²) in [5.74, 6) is -0.856. The lowest BCUT2D eigenvalue weighted by Gasteiger charge is -2.11. The third kappa shape index (κ3) is 2.09. The van der Waals surface area contributed by atoms with Crippen LogP contribution in [0.1, 0.15) is 30.5 Å². The summed E-state index contributed by atoms with van der Waals surface area (Å²) in [6.45, 7) is 1.63. The average molecular weight is 275 g/mol. The number of sulfone groups is 1. The molecule has 0 saturated heterocycles. The molecule has 94 valence electrons. The minimum Gasteiger partial charge on any atom is -0.481 e. The highest BCUT2D eigenvalue weighted by atomic mass is 32.2. The van der Waals surface area contributed by atoms with Crippen LogP contribution in [0.2, 0.25) is 0 Å². The van der Waals surface area contributed by atoms with Gasteiger partial charge in [-0.25, -0.2) is 13.4 Å². The average Bonchev–Trinajstić information content (AvgIpc) is 2.95. The van der Waals surface area contributed by atoms with E-state index >= 15 is 0 Å². The van der Waals surface area contributed by atoms with Crippen LogP contribution in [0, 0.1) is 0 Å². The molecule has 1 saturated carbocycles. The SMILES string of the molecule is CCS(=O)(=O)C1(c2nc(CC(=O)O)cs2)CC1. The molecule has 0 aliphatic heterocycles. The molecule has 1 aromatic rings. The number of aliphatic carboxylic acids is 1. The van der Waals surface area contributed by atoms with Gasteiger partial charge in [-0.05, 0) is 12.8 Å². The molecule has 1 N–H and O–H groups in total. The molecule has 0 aromatic carbocycles. The van der Waals surface area contributed by atoms with Crippen molar-refractivity contribution in [2.75, 3.05) is 5.75 Å². The molecule has 5 nitrogen and oxygen atoms in total. The van der Waals surface area contributed by atoms with Gasteiger partial charge in [0.2, 0.25) is 0 Å². The van der Waals surface area contributed by atoms with Crippen LogP contribution in [-0.2, 0) is 25.8 Å². The van der Waals surface area contributed by atoms with Gasteiger partial charge in [0.05, 0.1) is 12.1 Å². The maximum atomic E-state index is 12.0. The maximum Gasteiger partial charge on any atom is 0.309 e. The number of aromatic nitrogens is 1. The van der Waals surface area contributed by atoms with Gasteiger partial charge in [0, 0.05) is 11.1 Å². The highest BCUT2D eigenvalue weighted by Crippen LogP contribution is 2.53. The number of hydrogen-bond donors (Lipinski definition) is 1. The number of carbonyl (C=O) groups is 1. The van der Waals surface area contributed by atoms with Crippen LogP contribution in [0.25, 0.3) is 0 Å². The quantitative estimate of drug-likeness (QED) is 0.872. The van der Waals surface area contributed by atoms with E-state index in [1.54, 1.807) is 12.3 Å². The van der Waals surface area contributed by atoms with Gasteiger partial charge in [0.25, 0.3) is 0 Å². The number of rotatable bonds is 5. The number of thiazole rings is 1. The first kappa shape index (κ1) is 12.5. The lowest BCUT2D eigenvalue weighted by Crippen LogP contribution is -2.22. The molecule has 1 aliphatic carbocycles. The van der Waals surface area contributed by atoms with Gasteiger partial charge in [-0.3, -0.25) is 4.79 Å². The maximum absolute atomic E-state index is 12.0. The van der Waals surface area contributed by atoms with Crippen LogP contribution in [0.3, 0.4) is 0 Å². The van der Waals surface area contributed by atoms with Crippen LogP contribution in [0.15, 0.2) is 5.38 Å². The Bertz CT molecular complexity index is 542. The summed E-state index contributed by atoms with van der Waals surface area (Å²) >= 11 is 1.25. The zero-order valence-electron chi connectivity index (χ0n) is 9.34. The molecule has 0 unspecified atom stereocenters. The van der Waals surface area contributed by atoms with E-state index in [9.17, 15) is 13.2 Å². The normalized spacial score (nSPS) is 17.9. The van der Waals surface area contributed by atoms with Crippen molar-refractivity contribution in [2.45, 2.75) is 30.9 Å². The predicted molar refractivity (Wildman–Crippen MR) is 63.8 cm³/mol. The number of carboxylic acid groups (broad SMARTS) is 1. The molecule has 0 amide bonds. The Morgan fingerprint density at radius 2 is 2.24 bits per heavy atom. The summed E-state index contributed by atoms with van der Waals surface area (Å²) in [4.78, 5) is 14.7. The minimum atomic E-state index is -3.15. The molecular formula is C10H13NO4S2. The van der Waals surface area contributed by atoms with Crippen LogP contribution in [0.5, 0.6) is 0 Å². The monoisotopic (exact) mass is 275 g/mol. The molecular weight excluding hydrogens is 262 g/mol. The van der Waals surface area contributed by atoms with Crippen molar-refractivity contribution in [3.63, 3.8) is 0 Å². The Labute approximate surface area is 103 Å². The molecule has 1 fully saturated rings. The van der Waals surface area contributed by atoms with Crippen LogP contribution >= 0.6 is 11.3 Å². The second kappa shape index (κ2) is 4.06. The molecule has 0 bridgehead atoms. The molecule has 17 heavy (non-hydrogen) atoms. The van der Waals surface area contributed by atoms with Crippen molar-refractivity contribution in [3.05, 3.63) is 16.1 Å². The summed E-state index contributed by atoms with van der Waals surface area (Å²) in [6.07, 6.45) is 1.05. The van der Waals surface area contributed by atoms with Gasteiger partial charge in [-0.15, -0.1) is 11.3 Å². The van der Waals surface area contributed by atoms with E-state index in [-0.39, 0.29) is 12.2 Å². The van der Waals surface area contributed by atoms with Crippen LogP contribution in [-0.4, -0.2) is 30.2 Å². The largest absolute Gasteiger partial charge is 0.481 e. The minimum absolute atomic E-state index is 0.0981. The Hall–Kier alpha value is -0.950. The van der Waals surface area contributed by atoms with E-state index in [2.05, 4.69) is 4.98 Å². The summed E-state index contributed by atoms with van der Waals surface area (Å²) in [6, 6.07) is 0. The second-order valence-electron chi connectivity index (χ2n) is 4.11. The van der Waals surface area contributed by atoms with Crippen molar-refractivity contribution >= 4 is 27.1 Å². The van der Waals surface area contributed by atoms with E-state index in [1.807, 2.05) is 0 Å². The topological polar surface area (TPSA) is 84.3 Å². The van der Waals surface area contributed by atoms with Gasteiger partial charge in [0.1, 0.15) is 9.75 Å². The van der Waals surface area contributed by atoms with Crippen molar-refractivity contribution in [1.29, 1.82) is 0 Å². The Morgan fingerprint density at radius 1 is 1.59 bits per heavy atom. The van der Waals surface area contributed by atoms with E-state index in [1.165, 1.54) is 11.3 Å². The Kier molecular flexibility index (Phi) is 2.99. The highest BCUT2D eigenvalue weighted by molar-refractivity contribution is 7.92. The molecule has 0 radical (unpaired) electrons. The van der Waals surface area contributed by atoms with Crippen molar-refractivity contribution in [2.24, 2.45) is 0 Å². The summed E-state index contributed by atoms with van der Waals surface area (Å²) in [5, 5.41) is 10.8. The first-order chi connectivity index (χ1) is 7.91. The summed E-state index contributed by atoms with van der Waals surface area (Å²) in [7, 11) is -3.15. The standard InChI is InChI=1S/C10H13NO4S2/c1-2-17(14,15)10(3-4-10)9-11-7(6-16-9)5-8(12)13/h6H,2-5H2,1H3,(H,12,13). The number of nitrogens with zero attached hydrogens (tertiary/aromatic N) is 1. The first-order valence-electron chi connectivity index (χ1n) is 5.30. The predicted octanol–water partition coefficient (Wildman–Crippen LogP) is 1.19. The third-order valence-electron chi connectivity index (χ3n) is 2.95. The molecule has 2 rings (SSSR count). The van der Waals surface area contributed by atoms with Gasteiger partial charge in [-0.1, -0.05) is 6.92 Å². The number of hydrogen-bond acceptors (Lipinski definition) is 5. The first-order valence-corrected chi connectivity index (χ1v) is 7.83.